The van der Waals surface area contributed by atoms with Gasteiger partial charge in [-0.05, 0) is 55.0 Å². The van der Waals surface area contributed by atoms with Crippen molar-refractivity contribution in [3.63, 3.8) is 0 Å². The van der Waals surface area contributed by atoms with Crippen LogP contribution < -0.4 is 4.90 Å². The second kappa shape index (κ2) is 7.23. The summed E-state index contributed by atoms with van der Waals surface area (Å²) < 4.78 is 0. The van der Waals surface area contributed by atoms with Gasteiger partial charge in [-0.2, -0.15) is 0 Å². The summed E-state index contributed by atoms with van der Waals surface area (Å²) in [5, 5.41) is 0. The van der Waals surface area contributed by atoms with E-state index in [4.69, 9.17) is 0 Å². The van der Waals surface area contributed by atoms with Gasteiger partial charge < -0.3 is 4.90 Å². The first kappa shape index (κ1) is 16.7. The van der Waals surface area contributed by atoms with Gasteiger partial charge >= 0.3 is 6.03 Å². The quantitative estimate of drug-likeness (QED) is 0.720. The van der Waals surface area contributed by atoms with Crippen molar-refractivity contribution in [2.24, 2.45) is 5.92 Å². The van der Waals surface area contributed by atoms with E-state index in [9.17, 15) is 9.59 Å². The van der Waals surface area contributed by atoms with Crippen molar-refractivity contribution in [3.05, 3.63) is 54.0 Å². The molecule has 2 amide bonds. The highest BCUT2D eigenvalue weighted by Crippen LogP contribution is 2.31. The van der Waals surface area contributed by atoms with Gasteiger partial charge in [-0.1, -0.05) is 0 Å². The van der Waals surface area contributed by atoms with E-state index >= 15 is 0 Å². The zero-order valence-electron chi connectivity index (χ0n) is 14.7. The molecule has 134 valence electrons. The molecule has 0 bridgehead atoms. The van der Waals surface area contributed by atoms with Crippen molar-refractivity contribution in [2.45, 2.75) is 25.7 Å². The molecule has 1 aliphatic carbocycles. The molecular formula is C20H22N4O2. The Kier molecular flexibility index (Phi) is 4.65. The molecular weight excluding hydrogens is 328 g/mol. The smallest absolute Gasteiger partial charge is 0.322 e. The highest BCUT2D eigenvalue weighted by Gasteiger charge is 2.34. The fraction of sp³-hybridized carbons (Fsp3) is 0.400. The minimum atomic E-state index is 0.00536. The zero-order chi connectivity index (χ0) is 17.9. The standard InChI is InChI=1S/C20H22N4O2/c25-18(4-3-15-5-8-21-9-6-15)17-7-10-22-19(13-17)24-12-11-23(20(24)26)14-16-1-2-16/h5-10,13,16H,1-4,11-12,14H2. The molecule has 2 aromatic rings. The summed E-state index contributed by atoms with van der Waals surface area (Å²) in [5.41, 5.74) is 1.70. The third-order valence-corrected chi connectivity index (χ3v) is 5.00. The number of aryl methyl sites for hydroxylation is 1. The first-order chi connectivity index (χ1) is 12.7. The van der Waals surface area contributed by atoms with Crippen LogP contribution in [0.1, 0.15) is 35.2 Å². The summed E-state index contributed by atoms with van der Waals surface area (Å²) >= 11 is 0. The largest absolute Gasteiger partial charge is 0.325 e. The van der Waals surface area contributed by atoms with Gasteiger partial charge in [0.05, 0.1) is 0 Å². The molecule has 0 aromatic carbocycles. The zero-order valence-corrected chi connectivity index (χ0v) is 14.7. The number of carbonyl (C=O) groups excluding carboxylic acids is 2. The first-order valence-electron chi connectivity index (χ1n) is 9.15. The molecule has 2 aromatic heterocycles. The molecule has 1 saturated heterocycles. The van der Waals surface area contributed by atoms with Gasteiger partial charge in [0.1, 0.15) is 5.82 Å². The summed E-state index contributed by atoms with van der Waals surface area (Å²) in [4.78, 5) is 37.0. The molecule has 1 aliphatic heterocycles. The van der Waals surface area contributed by atoms with E-state index < -0.39 is 0 Å². The van der Waals surface area contributed by atoms with Crippen molar-refractivity contribution in [1.29, 1.82) is 0 Å². The molecule has 0 radical (unpaired) electrons. The molecule has 2 aliphatic rings. The second-order valence-electron chi connectivity index (χ2n) is 7.00. The van der Waals surface area contributed by atoms with Crippen molar-refractivity contribution >= 4 is 17.6 Å². The number of aromatic nitrogens is 2. The Hall–Kier alpha value is -2.76. The average molecular weight is 350 g/mol. The third-order valence-electron chi connectivity index (χ3n) is 5.00. The van der Waals surface area contributed by atoms with E-state index in [1.165, 1.54) is 12.8 Å². The monoisotopic (exact) mass is 350 g/mol. The molecule has 6 heteroatoms. The number of nitrogens with zero attached hydrogens (tertiary/aromatic N) is 4. The highest BCUT2D eigenvalue weighted by molar-refractivity contribution is 5.98. The lowest BCUT2D eigenvalue weighted by Crippen LogP contribution is -2.33. The van der Waals surface area contributed by atoms with Crippen LogP contribution >= 0.6 is 0 Å². The van der Waals surface area contributed by atoms with Crippen LogP contribution in [0.25, 0.3) is 0 Å². The lowest BCUT2D eigenvalue weighted by atomic mass is 10.0. The number of hydrogen-bond donors (Lipinski definition) is 0. The van der Waals surface area contributed by atoms with Gasteiger partial charge in [-0.3, -0.25) is 14.7 Å². The number of amides is 2. The molecule has 0 N–H and O–H groups in total. The molecule has 2 fully saturated rings. The predicted octanol–water partition coefficient (Wildman–Crippen LogP) is 2.94. The maximum atomic E-state index is 12.6. The third kappa shape index (κ3) is 3.74. The van der Waals surface area contributed by atoms with Gasteiger partial charge in [0.25, 0.3) is 0 Å². The Morgan fingerprint density at radius 3 is 2.69 bits per heavy atom. The number of rotatable bonds is 7. The van der Waals surface area contributed by atoms with Crippen LogP contribution in [0.4, 0.5) is 10.6 Å². The summed E-state index contributed by atoms with van der Waals surface area (Å²) in [7, 11) is 0. The first-order valence-corrected chi connectivity index (χ1v) is 9.15. The number of hydrogen-bond acceptors (Lipinski definition) is 4. The summed E-state index contributed by atoms with van der Waals surface area (Å²) in [6.45, 7) is 2.21. The van der Waals surface area contributed by atoms with Crippen molar-refractivity contribution in [3.8, 4) is 0 Å². The molecule has 3 heterocycles. The summed E-state index contributed by atoms with van der Waals surface area (Å²) in [5.74, 6) is 1.31. The Labute approximate surface area is 152 Å². The molecule has 26 heavy (non-hydrogen) atoms. The molecule has 1 saturated carbocycles. The minimum absolute atomic E-state index is 0.00536. The average Bonchev–Trinajstić information content (AvgIpc) is 3.43. The van der Waals surface area contributed by atoms with Crippen LogP contribution in [-0.4, -0.2) is 46.3 Å². The van der Waals surface area contributed by atoms with Crippen LogP contribution in [-0.2, 0) is 6.42 Å². The highest BCUT2D eigenvalue weighted by atomic mass is 16.2. The van der Waals surface area contributed by atoms with Gasteiger partial charge in [0.15, 0.2) is 5.78 Å². The number of anilines is 1. The fourth-order valence-corrected chi connectivity index (χ4v) is 3.27. The van der Waals surface area contributed by atoms with E-state index in [0.717, 1.165) is 18.7 Å². The van der Waals surface area contributed by atoms with Crippen molar-refractivity contribution < 1.29 is 9.59 Å². The number of ketones is 1. The second-order valence-corrected chi connectivity index (χ2v) is 7.00. The van der Waals surface area contributed by atoms with Gasteiger partial charge in [0, 0.05) is 50.2 Å². The van der Waals surface area contributed by atoms with Crippen molar-refractivity contribution in [1.82, 2.24) is 14.9 Å². The number of urea groups is 1. The molecule has 0 spiro atoms. The van der Waals surface area contributed by atoms with Crippen LogP contribution in [0.2, 0.25) is 0 Å². The van der Waals surface area contributed by atoms with E-state index in [0.29, 0.717) is 36.7 Å². The van der Waals surface area contributed by atoms with Gasteiger partial charge in [0.2, 0.25) is 0 Å². The van der Waals surface area contributed by atoms with Crippen LogP contribution in [0.15, 0.2) is 42.9 Å². The normalized spacial score (nSPS) is 17.0. The SMILES string of the molecule is O=C(CCc1ccncc1)c1ccnc(N2CCN(CC3CC3)C2=O)c1. The number of carbonyl (C=O) groups is 2. The van der Waals surface area contributed by atoms with Crippen molar-refractivity contribution in [2.75, 3.05) is 24.5 Å². The topological polar surface area (TPSA) is 66.4 Å². The van der Waals surface area contributed by atoms with Gasteiger partial charge in [-0.15, -0.1) is 0 Å². The fourth-order valence-electron chi connectivity index (χ4n) is 3.27. The molecule has 4 rings (SSSR count). The molecule has 0 atom stereocenters. The van der Waals surface area contributed by atoms with E-state index in [-0.39, 0.29) is 11.8 Å². The van der Waals surface area contributed by atoms with Gasteiger partial charge in [-0.25, -0.2) is 9.78 Å². The maximum Gasteiger partial charge on any atom is 0.325 e. The van der Waals surface area contributed by atoms with Crippen LogP contribution in [0, 0.1) is 5.92 Å². The molecule has 0 unspecified atom stereocenters. The van der Waals surface area contributed by atoms with E-state index in [1.807, 2.05) is 17.0 Å². The predicted molar refractivity (Wildman–Crippen MR) is 98.2 cm³/mol. The van der Waals surface area contributed by atoms with Crippen LogP contribution in [0.5, 0.6) is 0 Å². The van der Waals surface area contributed by atoms with E-state index in [2.05, 4.69) is 9.97 Å². The lowest BCUT2D eigenvalue weighted by Gasteiger charge is -2.18. The number of Topliss-reactive ketones (excluding diaryl/α,β-unsaturated/α-hetero) is 1. The Morgan fingerprint density at radius 2 is 1.92 bits per heavy atom. The maximum absolute atomic E-state index is 12.6. The Morgan fingerprint density at radius 1 is 1.12 bits per heavy atom. The lowest BCUT2D eigenvalue weighted by molar-refractivity contribution is 0.0982. The summed E-state index contributed by atoms with van der Waals surface area (Å²) in [6, 6.07) is 7.31. The number of pyridine rings is 2. The van der Waals surface area contributed by atoms with Crippen LogP contribution in [0.3, 0.4) is 0 Å². The Balaban J connectivity index is 1.41. The molecule has 6 nitrogen and oxygen atoms in total. The summed E-state index contributed by atoms with van der Waals surface area (Å²) in [6.07, 6.45) is 8.64. The Bertz CT molecular complexity index is 804. The van der Waals surface area contributed by atoms with E-state index in [1.54, 1.807) is 35.6 Å². The minimum Gasteiger partial charge on any atom is -0.322 e.